The van der Waals surface area contributed by atoms with Crippen LogP contribution >= 0.6 is 11.8 Å². The molecule has 6 nitrogen and oxygen atoms in total. The van der Waals surface area contributed by atoms with Crippen LogP contribution in [0.1, 0.15) is 0 Å². The van der Waals surface area contributed by atoms with Crippen molar-refractivity contribution in [1.29, 1.82) is 0 Å². The van der Waals surface area contributed by atoms with Gasteiger partial charge in [-0.15, -0.1) is 10.2 Å². The van der Waals surface area contributed by atoms with Crippen LogP contribution in [0.4, 0.5) is 4.79 Å². The molecule has 1 heterocycles. The lowest BCUT2D eigenvalue weighted by atomic mass is 11.1. The van der Waals surface area contributed by atoms with Crippen LogP contribution in [0.25, 0.3) is 0 Å². The number of aromatic nitrogens is 3. The maximum atomic E-state index is 9.82. The molecule has 0 aromatic carbocycles. The zero-order chi connectivity index (χ0) is 8.97. The van der Waals surface area contributed by atoms with Gasteiger partial charge in [-0.25, -0.2) is 0 Å². The van der Waals surface area contributed by atoms with Gasteiger partial charge in [-0.05, 0) is 11.8 Å². The predicted molar refractivity (Wildman–Crippen MR) is 38.9 cm³/mol. The van der Waals surface area contributed by atoms with Crippen LogP contribution in [0.15, 0.2) is 11.5 Å². The molecule has 0 spiro atoms. The number of carbonyl (C=O) groups is 1. The zero-order valence-electron chi connectivity index (χ0n) is 6.26. The maximum absolute atomic E-state index is 9.82. The van der Waals surface area contributed by atoms with E-state index >= 15 is 0 Å². The summed E-state index contributed by atoms with van der Waals surface area (Å²) in [5.74, 6) is -0.0329. The third-order valence-corrected chi connectivity index (χ3v) is 1.90. The highest BCUT2D eigenvalue weighted by molar-refractivity contribution is 7.99. The summed E-state index contributed by atoms with van der Waals surface area (Å²) in [4.78, 5) is 9.82. The van der Waals surface area contributed by atoms with Gasteiger partial charge in [-0.2, -0.15) is 9.90 Å². The van der Waals surface area contributed by atoms with E-state index in [1.807, 2.05) is 0 Å². The van der Waals surface area contributed by atoms with Crippen molar-refractivity contribution in [3.05, 3.63) is 6.33 Å². The first kappa shape index (κ1) is 8.85. The quantitative estimate of drug-likeness (QED) is 0.390. The third-order valence-electron chi connectivity index (χ3n) is 1.03. The minimum Gasteiger partial charge on any atom is -0.420 e. The first-order valence-electron chi connectivity index (χ1n) is 3.00. The molecule has 0 amide bonds. The van der Waals surface area contributed by atoms with Crippen LogP contribution in [0, 0.1) is 0 Å². The lowest BCUT2D eigenvalue weighted by Gasteiger charge is -1.97. The van der Waals surface area contributed by atoms with E-state index in [0.717, 1.165) is 11.8 Å². The lowest BCUT2D eigenvalue weighted by molar-refractivity contribution is 0.0831. The molecule has 0 aliphatic heterocycles. The van der Waals surface area contributed by atoms with E-state index in [2.05, 4.69) is 14.9 Å². The molecule has 1 aromatic rings. The molecular weight excluding hydrogens is 182 g/mol. The fourth-order valence-corrected chi connectivity index (χ4v) is 1.15. The van der Waals surface area contributed by atoms with E-state index in [9.17, 15) is 9.90 Å². The molecule has 0 saturated heterocycles. The number of thioether (sulfide) groups is 1. The average Bonchev–Trinajstić information content (AvgIpc) is 2.36. The van der Waals surface area contributed by atoms with Crippen LogP contribution in [0.3, 0.4) is 0 Å². The van der Waals surface area contributed by atoms with Crippen LogP contribution in [-0.2, 0) is 16.9 Å². The first-order chi connectivity index (χ1) is 5.70. The van der Waals surface area contributed by atoms with Gasteiger partial charge < -0.3 is 9.30 Å². The Bertz CT molecular complexity index is 275. The van der Waals surface area contributed by atoms with Gasteiger partial charge in [0, 0.05) is 7.05 Å². The summed E-state index contributed by atoms with van der Waals surface area (Å²) in [6, 6.07) is 0. The molecule has 0 aliphatic carbocycles. The average molecular weight is 188 g/mol. The van der Waals surface area contributed by atoms with Gasteiger partial charge in [0.15, 0.2) is 5.16 Å². The SMILES string of the molecule is Cn1cnnc1SCOC([O])=O. The van der Waals surface area contributed by atoms with Crippen molar-refractivity contribution in [1.82, 2.24) is 14.8 Å². The molecule has 65 valence electrons. The number of nitrogens with zero attached hydrogens (tertiary/aromatic N) is 3. The molecule has 0 aliphatic rings. The van der Waals surface area contributed by atoms with E-state index < -0.39 is 6.16 Å². The monoisotopic (exact) mass is 188 g/mol. The number of rotatable bonds is 3. The van der Waals surface area contributed by atoms with Gasteiger partial charge in [0.25, 0.3) is 0 Å². The summed E-state index contributed by atoms with van der Waals surface area (Å²) in [7, 11) is 1.75. The molecular formula is C5H6N3O3S. The molecule has 1 rings (SSSR count). The fraction of sp³-hybridized carbons (Fsp3) is 0.400. The minimum atomic E-state index is -1.54. The van der Waals surface area contributed by atoms with Gasteiger partial charge in [0.05, 0.1) is 0 Å². The highest BCUT2D eigenvalue weighted by atomic mass is 32.2. The van der Waals surface area contributed by atoms with E-state index in [0.29, 0.717) is 5.16 Å². The Morgan fingerprint density at radius 3 is 3.08 bits per heavy atom. The molecule has 1 aromatic heterocycles. The number of hydrogen-bond donors (Lipinski definition) is 0. The van der Waals surface area contributed by atoms with Crippen LogP contribution in [0.5, 0.6) is 0 Å². The molecule has 0 atom stereocenters. The summed E-state index contributed by atoms with van der Waals surface area (Å²) in [6.07, 6.45) is -0.0221. The molecule has 0 unspecified atom stereocenters. The molecule has 12 heavy (non-hydrogen) atoms. The second-order valence-electron chi connectivity index (χ2n) is 1.88. The highest BCUT2D eigenvalue weighted by Crippen LogP contribution is 2.12. The molecule has 0 N–H and O–H groups in total. The maximum Gasteiger partial charge on any atom is 0.550 e. The van der Waals surface area contributed by atoms with Crippen molar-refractivity contribution in [2.24, 2.45) is 7.05 Å². The Hall–Kier alpha value is -1.24. The van der Waals surface area contributed by atoms with Crippen molar-refractivity contribution in [2.45, 2.75) is 5.16 Å². The van der Waals surface area contributed by atoms with Gasteiger partial charge >= 0.3 is 6.16 Å². The summed E-state index contributed by atoms with van der Waals surface area (Å²) >= 11 is 1.13. The summed E-state index contributed by atoms with van der Waals surface area (Å²) < 4.78 is 5.81. The first-order valence-corrected chi connectivity index (χ1v) is 3.99. The van der Waals surface area contributed by atoms with Crippen molar-refractivity contribution in [3.8, 4) is 0 Å². The van der Waals surface area contributed by atoms with Crippen molar-refractivity contribution in [3.63, 3.8) is 0 Å². The second-order valence-corrected chi connectivity index (χ2v) is 2.77. The third kappa shape index (κ3) is 2.42. The van der Waals surface area contributed by atoms with Crippen molar-refractivity contribution in [2.75, 3.05) is 5.94 Å². The molecule has 0 fully saturated rings. The Morgan fingerprint density at radius 1 is 1.83 bits per heavy atom. The summed E-state index contributed by atoms with van der Waals surface area (Å²) in [5, 5.41) is 17.7. The van der Waals surface area contributed by atoms with E-state index in [1.165, 1.54) is 6.33 Å². The Morgan fingerprint density at radius 2 is 2.58 bits per heavy atom. The van der Waals surface area contributed by atoms with Gasteiger partial charge in [-0.3, -0.25) is 0 Å². The molecule has 7 heteroatoms. The van der Waals surface area contributed by atoms with E-state index in [-0.39, 0.29) is 5.94 Å². The van der Waals surface area contributed by atoms with E-state index in [1.54, 1.807) is 11.6 Å². The second kappa shape index (κ2) is 3.96. The Labute approximate surface area is 72.5 Å². The standard InChI is InChI=1S/C5H6N3O3S/c1-8-2-6-7-4(8)12-3-11-5(9)10/h2H,3H2,1H3. The topological polar surface area (TPSA) is 76.9 Å². The van der Waals surface area contributed by atoms with Crippen molar-refractivity contribution < 1.29 is 14.6 Å². The smallest absolute Gasteiger partial charge is 0.420 e. The highest BCUT2D eigenvalue weighted by Gasteiger charge is 2.03. The Balaban J connectivity index is 2.33. The Kier molecular flexibility index (Phi) is 2.92. The van der Waals surface area contributed by atoms with Crippen LogP contribution in [-0.4, -0.2) is 26.9 Å². The largest absolute Gasteiger partial charge is 0.550 e. The number of aryl methyl sites for hydroxylation is 1. The molecule has 0 saturated carbocycles. The molecule has 1 radical (unpaired) electrons. The van der Waals surface area contributed by atoms with Crippen LogP contribution < -0.4 is 0 Å². The summed E-state index contributed by atoms with van der Waals surface area (Å²) in [6.45, 7) is 0. The van der Waals surface area contributed by atoms with Gasteiger partial charge in [0.1, 0.15) is 12.3 Å². The summed E-state index contributed by atoms with van der Waals surface area (Å²) in [5.41, 5.74) is 0. The van der Waals surface area contributed by atoms with Gasteiger partial charge in [0.2, 0.25) is 0 Å². The lowest BCUT2D eigenvalue weighted by Crippen LogP contribution is -1.98. The normalized spacial score (nSPS) is 9.75. The number of carbonyl (C=O) groups excluding carboxylic acids is 1. The van der Waals surface area contributed by atoms with E-state index in [4.69, 9.17) is 0 Å². The molecule has 0 bridgehead atoms. The number of ether oxygens (including phenoxy) is 1. The van der Waals surface area contributed by atoms with Crippen molar-refractivity contribution >= 4 is 17.9 Å². The zero-order valence-corrected chi connectivity index (χ0v) is 7.08. The minimum absolute atomic E-state index is 0.0329. The van der Waals surface area contributed by atoms with Crippen LogP contribution in [0.2, 0.25) is 0 Å². The fourth-order valence-electron chi connectivity index (χ4n) is 0.534. The predicted octanol–water partition coefficient (Wildman–Crippen LogP) is 0.432. The van der Waals surface area contributed by atoms with Gasteiger partial charge in [-0.1, -0.05) is 0 Å². The number of hydrogen-bond acceptors (Lipinski definition) is 5.